The Morgan fingerprint density at radius 2 is 1.77 bits per heavy atom. The molecule has 0 spiro atoms. The molecule has 0 radical (unpaired) electrons. The zero-order valence-electron chi connectivity index (χ0n) is 16.3. The van der Waals surface area contributed by atoms with E-state index in [0.29, 0.717) is 23.1 Å². The van der Waals surface area contributed by atoms with Gasteiger partial charge < -0.3 is 10.1 Å². The van der Waals surface area contributed by atoms with Gasteiger partial charge in [-0.05, 0) is 67.1 Å². The number of amides is 1. The molecule has 0 aromatic heterocycles. The number of carbonyl (C=O) groups is 1. The highest BCUT2D eigenvalue weighted by Crippen LogP contribution is 2.29. The number of halogens is 1. The minimum atomic E-state index is -0.467. The number of benzene rings is 3. The maximum absolute atomic E-state index is 12.5. The van der Waals surface area contributed by atoms with Gasteiger partial charge in [0.15, 0.2) is 0 Å². The molecule has 1 amide bonds. The molecule has 0 fully saturated rings. The van der Waals surface area contributed by atoms with E-state index in [2.05, 4.69) is 5.32 Å². The Bertz CT molecular complexity index is 1090. The third kappa shape index (κ3) is 6.15. The van der Waals surface area contributed by atoms with Crippen molar-refractivity contribution in [2.45, 2.75) is 16.7 Å². The van der Waals surface area contributed by atoms with Crippen molar-refractivity contribution in [2.75, 3.05) is 11.9 Å². The number of nitrogens with zero attached hydrogens (tertiary/aromatic N) is 1. The first-order chi connectivity index (χ1) is 14.6. The van der Waals surface area contributed by atoms with E-state index < -0.39 is 5.91 Å². The third-order valence-corrected chi connectivity index (χ3v) is 5.28. The molecule has 150 valence electrons. The predicted molar refractivity (Wildman–Crippen MR) is 122 cm³/mol. The predicted octanol–water partition coefficient (Wildman–Crippen LogP) is 6.44. The van der Waals surface area contributed by atoms with Crippen LogP contribution in [0, 0.1) is 11.3 Å². The van der Waals surface area contributed by atoms with Crippen LogP contribution >= 0.6 is 23.4 Å². The molecule has 0 saturated carbocycles. The zero-order valence-corrected chi connectivity index (χ0v) is 17.8. The smallest absolute Gasteiger partial charge is 0.266 e. The van der Waals surface area contributed by atoms with Gasteiger partial charge in [-0.25, -0.2) is 0 Å². The molecule has 0 aliphatic heterocycles. The van der Waals surface area contributed by atoms with Crippen LogP contribution in [-0.4, -0.2) is 12.5 Å². The lowest BCUT2D eigenvalue weighted by atomic mass is 10.1. The van der Waals surface area contributed by atoms with Gasteiger partial charge in [0.1, 0.15) is 17.4 Å². The SMILES string of the molecule is CCOc1cccc(NC(=O)/C(C#N)=C\c2ccc(Sc3ccc(Cl)cc3)cc2)c1. The van der Waals surface area contributed by atoms with Gasteiger partial charge in [0.05, 0.1) is 6.61 Å². The number of hydrogen-bond donors (Lipinski definition) is 1. The maximum Gasteiger partial charge on any atom is 0.266 e. The van der Waals surface area contributed by atoms with Crippen molar-refractivity contribution >= 4 is 41.0 Å². The van der Waals surface area contributed by atoms with Crippen LogP contribution in [0.4, 0.5) is 5.69 Å². The summed E-state index contributed by atoms with van der Waals surface area (Å²) >= 11 is 7.52. The monoisotopic (exact) mass is 434 g/mol. The molecule has 30 heavy (non-hydrogen) atoms. The fourth-order valence-corrected chi connectivity index (χ4v) is 3.56. The highest BCUT2D eigenvalue weighted by Gasteiger charge is 2.10. The number of carbonyl (C=O) groups excluding carboxylic acids is 1. The molecule has 0 aliphatic rings. The molecule has 0 heterocycles. The molecule has 4 nitrogen and oxygen atoms in total. The van der Waals surface area contributed by atoms with Crippen molar-refractivity contribution in [1.29, 1.82) is 5.26 Å². The van der Waals surface area contributed by atoms with E-state index in [4.69, 9.17) is 16.3 Å². The van der Waals surface area contributed by atoms with E-state index in [1.54, 1.807) is 36.0 Å². The third-order valence-electron chi connectivity index (χ3n) is 4.01. The molecule has 0 bridgehead atoms. The highest BCUT2D eigenvalue weighted by atomic mass is 35.5. The average molecular weight is 435 g/mol. The van der Waals surface area contributed by atoms with Gasteiger partial charge in [0.2, 0.25) is 0 Å². The fraction of sp³-hybridized carbons (Fsp3) is 0.0833. The summed E-state index contributed by atoms with van der Waals surface area (Å²) in [7, 11) is 0. The second kappa shape index (κ2) is 10.5. The lowest BCUT2D eigenvalue weighted by molar-refractivity contribution is -0.112. The molecule has 3 aromatic carbocycles. The van der Waals surface area contributed by atoms with Gasteiger partial charge in [0, 0.05) is 26.6 Å². The molecule has 0 atom stereocenters. The Balaban J connectivity index is 1.69. The van der Waals surface area contributed by atoms with Gasteiger partial charge in [-0.1, -0.05) is 41.6 Å². The molecule has 6 heteroatoms. The Labute approximate surface area is 185 Å². The van der Waals surface area contributed by atoms with E-state index >= 15 is 0 Å². The Morgan fingerprint density at radius 3 is 2.40 bits per heavy atom. The van der Waals surface area contributed by atoms with Gasteiger partial charge in [-0.15, -0.1) is 0 Å². The van der Waals surface area contributed by atoms with Crippen molar-refractivity contribution < 1.29 is 9.53 Å². The van der Waals surface area contributed by atoms with Crippen LogP contribution in [-0.2, 0) is 4.79 Å². The van der Waals surface area contributed by atoms with E-state index in [0.717, 1.165) is 15.4 Å². The number of nitriles is 1. The van der Waals surface area contributed by atoms with Crippen molar-refractivity contribution in [3.8, 4) is 11.8 Å². The molecule has 3 aromatic rings. The first-order valence-corrected chi connectivity index (χ1v) is 10.5. The van der Waals surface area contributed by atoms with Gasteiger partial charge in [-0.3, -0.25) is 4.79 Å². The van der Waals surface area contributed by atoms with Crippen LogP contribution in [0.3, 0.4) is 0 Å². The Hall–Kier alpha value is -3.20. The number of ether oxygens (including phenoxy) is 1. The Kier molecular flexibility index (Phi) is 7.56. The molecule has 0 saturated heterocycles. The maximum atomic E-state index is 12.5. The van der Waals surface area contributed by atoms with Crippen LogP contribution < -0.4 is 10.1 Å². The van der Waals surface area contributed by atoms with Crippen molar-refractivity contribution in [3.05, 3.63) is 89.0 Å². The number of hydrogen-bond acceptors (Lipinski definition) is 4. The topological polar surface area (TPSA) is 62.1 Å². The summed E-state index contributed by atoms with van der Waals surface area (Å²) in [6.45, 7) is 2.42. The minimum absolute atomic E-state index is 0.0231. The van der Waals surface area contributed by atoms with Crippen LogP contribution in [0.25, 0.3) is 6.08 Å². The van der Waals surface area contributed by atoms with E-state index in [1.165, 1.54) is 0 Å². The zero-order chi connectivity index (χ0) is 21.3. The van der Waals surface area contributed by atoms with Crippen LogP contribution in [0.2, 0.25) is 5.02 Å². The normalized spacial score (nSPS) is 10.9. The summed E-state index contributed by atoms with van der Waals surface area (Å²) in [6.07, 6.45) is 1.57. The second-order valence-electron chi connectivity index (χ2n) is 6.21. The van der Waals surface area contributed by atoms with Gasteiger partial charge in [0.25, 0.3) is 5.91 Å². The largest absolute Gasteiger partial charge is 0.494 e. The Morgan fingerprint density at radius 1 is 1.10 bits per heavy atom. The van der Waals surface area contributed by atoms with Crippen molar-refractivity contribution in [2.24, 2.45) is 0 Å². The molecule has 3 rings (SSSR count). The summed E-state index contributed by atoms with van der Waals surface area (Å²) in [4.78, 5) is 14.6. The summed E-state index contributed by atoms with van der Waals surface area (Å²) in [6, 6.07) is 24.3. The van der Waals surface area contributed by atoms with Gasteiger partial charge >= 0.3 is 0 Å². The van der Waals surface area contributed by atoms with Gasteiger partial charge in [-0.2, -0.15) is 5.26 Å². The summed E-state index contributed by atoms with van der Waals surface area (Å²) in [5.41, 5.74) is 1.36. The first-order valence-electron chi connectivity index (χ1n) is 9.27. The minimum Gasteiger partial charge on any atom is -0.494 e. The van der Waals surface area contributed by atoms with Crippen molar-refractivity contribution in [1.82, 2.24) is 0 Å². The highest BCUT2D eigenvalue weighted by molar-refractivity contribution is 7.99. The lowest BCUT2D eigenvalue weighted by Gasteiger charge is -2.07. The van der Waals surface area contributed by atoms with E-state index in [-0.39, 0.29) is 5.57 Å². The summed E-state index contributed by atoms with van der Waals surface area (Å²) < 4.78 is 5.43. The number of nitrogens with one attached hydrogen (secondary N) is 1. The molecular formula is C24H19ClN2O2S. The average Bonchev–Trinajstić information content (AvgIpc) is 2.75. The first kappa shape index (κ1) is 21.5. The quantitative estimate of drug-likeness (QED) is 0.343. The fourth-order valence-electron chi connectivity index (χ4n) is 2.61. The molecule has 1 N–H and O–H groups in total. The van der Waals surface area contributed by atoms with Crippen LogP contribution in [0.1, 0.15) is 12.5 Å². The molecule has 0 unspecified atom stereocenters. The summed E-state index contributed by atoms with van der Waals surface area (Å²) in [5, 5.41) is 12.9. The van der Waals surface area contributed by atoms with Crippen LogP contribution in [0.15, 0.2) is 88.2 Å². The number of rotatable bonds is 7. The number of anilines is 1. The van der Waals surface area contributed by atoms with E-state index in [1.807, 2.05) is 67.6 Å². The lowest BCUT2D eigenvalue weighted by Crippen LogP contribution is -2.13. The van der Waals surface area contributed by atoms with E-state index in [9.17, 15) is 10.1 Å². The standard InChI is InChI=1S/C24H19ClN2O2S/c1-2-29-21-5-3-4-20(15-21)27-24(28)18(16-26)14-17-6-10-22(11-7-17)30-23-12-8-19(25)9-13-23/h3-15H,2H2,1H3,(H,27,28)/b18-14-. The van der Waals surface area contributed by atoms with Crippen molar-refractivity contribution in [3.63, 3.8) is 0 Å². The van der Waals surface area contributed by atoms with Crippen LogP contribution in [0.5, 0.6) is 5.75 Å². The molecule has 0 aliphatic carbocycles. The second-order valence-corrected chi connectivity index (χ2v) is 7.79. The summed E-state index contributed by atoms with van der Waals surface area (Å²) in [5.74, 6) is 0.192. The molecular weight excluding hydrogens is 416 g/mol.